The Morgan fingerprint density at radius 1 is 1.33 bits per heavy atom. The van der Waals surface area contributed by atoms with Crippen molar-refractivity contribution in [3.8, 4) is 12.3 Å². The van der Waals surface area contributed by atoms with Crippen molar-refractivity contribution in [3.05, 3.63) is 34.9 Å². The van der Waals surface area contributed by atoms with E-state index < -0.39 is 0 Å². The molecule has 1 aromatic rings. The highest BCUT2D eigenvalue weighted by atomic mass is 14.9. The zero-order chi connectivity index (χ0) is 11.5. The van der Waals surface area contributed by atoms with E-state index in [4.69, 9.17) is 6.42 Å². The lowest BCUT2D eigenvalue weighted by molar-refractivity contribution is 0.490. The van der Waals surface area contributed by atoms with Crippen LogP contribution in [0.4, 0.5) is 0 Å². The van der Waals surface area contributed by atoms with Gasteiger partial charge in [0.25, 0.3) is 0 Å². The minimum Gasteiger partial charge on any atom is -0.297 e. The second-order valence-electron chi connectivity index (χ2n) is 4.55. The Balaban J connectivity index is 2.71. The molecule has 1 heteroatoms. The normalized spacial score (nSPS) is 11.1. The largest absolute Gasteiger partial charge is 0.297 e. The first-order valence-electron chi connectivity index (χ1n) is 5.23. The Hall–Kier alpha value is -1.26. The van der Waals surface area contributed by atoms with Crippen LogP contribution in [0.2, 0.25) is 0 Å². The van der Waals surface area contributed by atoms with Crippen LogP contribution in [0.5, 0.6) is 0 Å². The average molecular weight is 201 g/mol. The summed E-state index contributed by atoms with van der Waals surface area (Å²) in [5.74, 6) is 2.73. The van der Waals surface area contributed by atoms with Crippen LogP contribution in [0.15, 0.2) is 18.2 Å². The van der Waals surface area contributed by atoms with Gasteiger partial charge < -0.3 is 0 Å². The van der Waals surface area contributed by atoms with Crippen molar-refractivity contribution in [1.29, 1.82) is 0 Å². The maximum Gasteiger partial charge on any atom is 0.0743 e. The van der Waals surface area contributed by atoms with Gasteiger partial charge in [-0.2, -0.15) is 0 Å². The quantitative estimate of drug-likeness (QED) is 0.741. The summed E-state index contributed by atoms with van der Waals surface area (Å²) in [5.41, 5.74) is 3.68. The summed E-state index contributed by atoms with van der Waals surface area (Å²) in [7, 11) is 0. The maximum absolute atomic E-state index is 5.42. The molecule has 0 aliphatic rings. The van der Waals surface area contributed by atoms with Crippen molar-refractivity contribution in [2.75, 3.05) is 0 Å². The smallest absolute Gasteiger partial charge is 0.0743 e. The van der Waals surface area contributed by atoms with Crippen LogP contribution < -0.4 is 5.32 Å². The van der Waals surface area contributed by atoms with E-state index in [9.17, 15) is 0 Å². The molecule has 0 bridgehead atoms. The molecule has 0 spiro atoms. The highest BCUT2D eigenvalue weighted by Crippen LogP contribution is 2.11. The monoisotopic (exact) mass is 201 g/mol. The summed E-state index contributed by atoms with van der Waals surface area (Å²) in [4.78, 5) is 0. The summed E-state index contributed by atoms with van der Waals surface area (Å²) in [5, 5.41) is 3.35. The molecule has 0 radical (unpaired) electrons. The zero-order valence-electron chi connectivity index (χ0n) is 10.0. The summed E-state index contributed by atoms with van der Waals surface area (Å²) >= 11 is 0. The Morgan fingerprint density at radius 3 is 2.53 bits per heavy atom. The molecule has 1 nitrogen and oxygen atoms in total. The summed E-state index contributed by atoms with van der Waals surface area (Å²) in [6.07, 6.45) is 5.42. The first-order valence-corrected chi connectivity index (χ1v) is 5.23. The summed E-state index contributed by atoms with van der Waals surface area (Å²) < 4.78 is 0. The van der Waals surface area contributed by atoms with Crippen LogP contribution in [0.3, 0.4) is 0 Å². The van der Waals surface area contributed by atoms with Gasteiger partial charge in [0.2, 0.25) is 0 Å². The standard InChI is InChI=1S/C14H19N/c1-6-14(4,5)15-10-13-8-7-11(2)9-12(13)3/h1,7-9,15H,10H2,2-5H3. The minimum absolute atomic E-state index is 0.239. The fourth-order valence-electron chi connectivity index (χ4n) is 1.41. The molecule has 1 aromatic carbocycles. The van der Waals surface area contributed by atoms with E-state index in [1.807, 2.05) is 13.8 Å². The third-order valence-corrected chi connectivity index (χ3v) is 2.58. The van der Waals surface area contributed by atoms with Crippen LogP contribution in [0.1, 0.15) is 30.5 Å². The maximum atomic E-state index is 5.42. The highest BCUT2D eigenvalue weighted by molar-refractivity contribution is 5.30. The molecule has 1 N–H and O–H groups in total. The Bertz CT molecular complexity index is 383. The topological polar surface area (TPSA) is 12.0 Å². The van der Waals surface area contributed by atoms with Crippen LogP contribution in [-0.4, -0.2) is 5.54 Å². The van der Waals surface area contributed by atoms with Crippen molar-refractivity contribution < 1.29 is 0 Å². The van der Waals surface area contributed by atoms with Crippen molar-refractivity contribution in [2.24, 2.45) is 0 Å². The second-order valence-corrected chi connectivity index (χ2v) is 4.55. The van der Waals surface area contributed by atoms with Gasteiger partial charge >= 0.3 is 0 Å². The van der Waals surface area contributed by atoms with Gasteiger partial charge in [-0.3, -0.25) is 5.32 Å². The van der Waals surface area contributed by atoms with E-state index in [2.05, 4.69) is 43.3 Å². The van der Waals surface area contributed by atoms with Crippen molar-refractivity contribution >= 4 is 0 Å². The van der Waals surface area contributed by atoms with Crippen LogP contribution >= 0.6 is 0 Å². The highest BCUT2D eigenvalue weighted by Gasteiger charge is 2.12. The van der Waals surface area contributed by atoms with Crippen molar-refractivity contribution in [2.45, 2.75) is 39.8 Å². The summed E-state index contributed by atoms with van der Waals surface area (Å²) in [6, 6.07) is 6.48. The third kappa shape index (κ3) is 3.42. The molecule has 0 heterocycles. The molecule has 0 aliphatic heterocycles. The minimum atomic E-state index is -0.239. The fourth-order valence-corrected chi connectivity index (χ4v) is 1.41. The lowest BCUT2D eigenvalue weighted by atomic mass is 10.0. The number of hydrogen-bond donors (Lipinski definition) is 1. The number of benzene rings is 1. The average Bonchev–Trinajstić information content (AvgIpc) is 2.16. The molecule has 0 unspecified atom stereocenters. The fraction of sp³-hybridized carbons (Fsp3) is 0.429. The van der Waals surface area contributed by atoms with E-state index in [1.54, 1.807) is 0 Å². The lowest BCUT2D eigenvalue weighted by Gasteiger charge is -2.20. The van der Waals surface area contributed by atoms with Crippen molar-refractivity contribution in [1.82, 2.24) is 5.32 Å². The van der Waals surface area contributed by atoms with Gasteiger partial charge in [-0.1, -0.05) is 29.7 Å². The molecule has 0 aliphatic carbocycles. The van der Waals surface area contributed by atoms with E-state index in [0.29, 0.717) is 0 Å². The molecule has 1 rings (SSSR count). The second kappa shape index (κ2) is 4.51. The van der Waals surface area contributed by atoms with Gasteiger partial charge in [0.1, 0.15) is 0 Å². The Kier molecular flexibility index (Phi) is 3.55. The SMILES string of the molecule is C#CC(C)(C)NCc1ccc(C)cc1C. The van der Waals surface area contributed by atoms with Crippen LogP contribution in [0, 0.1) is 26.2 Å². The van der Waals surface area contributed by atoms with Crippen molar-refractivity contribution in [3.63, 3.8) is 0 Å². The number of terminal acetylenes is 1. The number of hydrogen-bond acceptors (Lipinski definition) is 1. The number of rotatable bonds is 3. The zero-order valence-corrected chi connectivity index (χ0v) is 10.0. The Labute approximate surface area is 92.9 Å². The predicted octanol–water partition coefficient (Wildman–Crippen LogP) is 2.80. The molecular weight excluding hydrogens is 182 g/mol. The first kappa shape index (κ1) is 11.8. The third-order valence-electron chi connectivity index (χ3n) is 2.58. The van der Waals surface area contributed by atoms with Crippen LogP contribution in [-0.2, 0) is 6.54 Å². The van der Waals surface area contributed by atoms with Gasteiger partial charge in [0.05, 0.1) is 5.54 Å². The van der Waals surface area contributed by atoms with E-state index in [1.165, 1.54) is 16.7 Å². The molecule has 0 atom stereocenters. The molecule has 0 amide bonds. The van der Waals surface area contributed by atoms with Gasteiger partial charge in [0, 0.05) is 6.54 Å². The molecule has 0 fully saturated rings. The molecule has 0 aromatic heterocycles. The van der Waals surface area contributed by atoms with Gasteiger partial charge in [0.15, 0.2) is 0 Å². The van der Waals surface area contributed by atoms with Gasteiger partial charge in [-0.25, -0.2) is 0 Å². The molecule has 15 heavy (non-hydrogen) atoms. The van der Waals surface area contributed by atoms with E-state index in [0.717, 1.165) is 6.54 Å². The predicted molar refractivity (Wildman–Crippen MR) is 65.7 cm³/mol. The molecule has 0 saturated heterocycles. The number of nitrogens with one attached hydrogen (secondary N) is 1. The van der Waals surface area contributed by atoms with Gasteiger partial charge in [-0.15, -0.1) is 6.42 Å². The lowest BCUT2D eigenvalue weighted by Crippen LogP contribution is -2.37. The summed E-state index contributed by atoms with van der Waals surface area (Å²) in [6.45, 7) is 9.08. The van der Waals surface area contributed by atoms with E-state index in [-0.39, 0.29) is 5.54 Å². The first-order chi connectivity index (χ1) is 6.94. The van der Waals surface area contributed by atoms with Gasteiger partial charge in [-0.05, 0) is 38.8 Å². The molecule has 80 valence electrons. The molecular formula is C14H19N. The number of aryl methyl sites for hydroxylation is 2. The van der Waals surface area contributed by atoms with E-state index >= 15 is 0 Å². The molecule has 0 saturated carbocycles. The Morgan fingerprint density at radius 2 is 2.00 bits per heavy atom. The van der Waals surface area contributed by atoms with Crippen LogP contribution in [0.25, 0.3) is 0 Å².